The first-order valence-electron chi connectivity index (χ1n) is 11.0. The molecule has 9 nitrogen and oxygen atoms in total. The van der Waals surface area contributed by atoms with Crippen LogP contribution >= 0.6 is 15.9 Å². The van der Waals surface area contributed by atoms with Gasteiger partial charge in [-0.15, -0.1) is 0 Å². The fraction of sp³-hybridized carbons (Fsp3) is 0.667. The Labute approximate surface area is 195 Å². The van der Waals surface area contributed by atoms with Gasteiger partial charge in [0.25, 0.3) is 5.56 Å². The van der Waals surface area contributed by atoms with Gasteiger partial charge < -0.3 is 10.4 Å². The molecule has 32 heavy (non-hydrogen) atoms. The molecule has 5 atom stereocenters. The van der Waals surface area contributed by atoms with E-state index in [1.165, 1.54) is 6.26 Å². The maximum Gasteiger partial charge on any atom is 0.266 e. The summed E-state index contributed by atoms with van der Waals surface area (Å²) in [5, 5.41) is 15.0. The Morgan fingerprint density at radius 3 is 2.56 bits per heavy atom. The Balaban J connectivity index is 1.42. The number of aromatic nitrogens is 3. The smallest absolute Gasteiger partial charge is 0.266 e. The van der Waals surface area contributed by atoms with Crippen molar-refractivity contribution in [2.45, 2.75) is 56.7 Å². The summed E-state index contributed by atoms with van der Waals surface area (Å²) < 4.78 is 27.3. The van der Waals surface area contributed by atoms with Gasteiger partial charge in [-0.3, -0.25) is 9.36 Å². The van der Waals surface area contributed by atoms with Gasteiger partial charge in [0.05, 0.1) is 22.4 Å². The Morgan fingerprint density at radius 1 is 1.28 bits per heavy atom. The van der Waals surface area contributed by atoms with E-state index in [9.17, 15) is 18.3 Å². The lowest BCUT2D eigenvalue weighted by Crippen LogP contribution is -2.37. The molecule has 3 heterocycles. The molecule has 1 unspecified atom stereocenters. The number of pyridine rings is 1. The number of rotatable bonds is 4. The van der Waals surface area contributed by atoms with Gasteiger partial charge in [-0.2, -0.15) is 4.98 Å². The molecule has 0 aromatic carbocycles. The molecule has 5 rings (SSSR count). The number of fused-ring (bicyclic) bond motifs is 2. The predicted molar refractivity (Wildman–Crippen MR) is 125 cm³/mol. The SMILES string of the molecule is C[C@@]1(O)CCC[C@H]1n1c(=O)c(Br)cc2cnc(NC3C[C@@H]4CN(S(C)(=O)=O)C[C@@H]4C3)nc21. The zero-order valence-corrected chi connectivity index (χ0v) is 20.6. The molecule has 3 aliphatic rings. The monoisotopic (exact) mass is 525 g/mol. The summed E-state index contributed by atoms with van der Waals surface area (Å²) in [6, 6.07) is 1.54. The summed E-state index contributed by atoms with van der Waals surface area (Å²) in [7, 11) is -3.14. The van der Waals surface area contributed by atoms with Crippen LogP contribution in [0.1, 0.15) is 45.1 Å². The van der Waals surface area contributed by atoms with Gasteiger partial charge in [-0.25, -0.2) is 17.7 Å². The van der Waals surface area contributed by atoms with Gasteiger partial charge in [-0.1, -0.05) is 0 Å². The third kappa shape index (κ3) is 3.86. The van der Waals surface area contributed by atoms with Crippen LogP contribution in [0.15, 0.2) is 21.5 Å². The Bertz CT molecular complexity index is 1220. The highest BCUT2D eigenvalue weighted by Gasteiger charge is 2.44. The molecule has 0 bridgehead atoms. The second kappa shape index (κ2) is 7.75. The van der Waals surface area contributed by atoms with Crippen LogP contribution in [-0.4, -0.2) is 63.4 Å². The number of sulfonamides is 1. The molecule has 174 valence electrons. The van der Waals surface area contributed by atoms with Crippen molar-refractivity contribution in [3.8, 4) is 0 Å². The molecule has 3 fully saturated rings. The third-order valence-electron chi connectivity index (χ3n) is 7.44. The van der Waals surface area contributed by atoms with E-state index in [0.717, 1.165) is 24.6 Å². The molecule has 1 saturated heterocycles. The lowest BCUT2D eigenvalue weighted by atomic mass is 10.00. The Hall–Kier alpha value is -1.56. The van der Waals surface area contributed by atoms with Gasteiger partial charge in [0, 0.05) is 30.7 Å². The summed E-state index contributed by atoms with van der Waals surface area (Å²) in [6.45, 7) is 2.93. The quantitative estimate of drug-likeness (QED) is 0.627. The van der Waals surface area contributed by atoms with E-state index in [1.54, 1.807) is 28.1 Å². The Morgan fingerprint density at radius 2 is 1.97 bits per heavy atom. The lowest BCUT2D eigenvalue weighted by molar-refractivity contribution is 0.0266. The van der Waals surface area contributed by atoms with Crippen LogP contribution in [0.5, 0.6) is 0 Å². The van der Waals surface area contributed by atoms with Crippen molar-refractivity contribution >= 4 is 42.9 Å². The molecular formula is C21H28BrN5O4S. The largest absolute Gasteiger partial charge is 0.388 e. The summed E-state index contributed by atoms with van der Waals surface area (Å²) in [5.41, 5.74) is -0.653. The first kappa shape index (κ1) is 22.2. The first-order valence-corrected chi connectivity index (χ1v) is 13.7. The highest BCUT2D eigenvalue weighted by Crippen LogP contribution is 2.41. The fourth-order valence-electron chi connectivity index (χ4n) is 5.81. The van der Waals surface area contributed by atoms with E-state index in [1.807, 2.05) is 0 Å². The highest BCUT2D eigenvalue weighted by molar-refractivity contribution is 9.10. The minimum atomic E-state index is -3.14. The zero-order valence-electron chi connectivity index (χ0n) is 18.2. The molecule has 2 aromatic heterocycles. The number of nitrogens with zero attached hydrogens (tertiary/aromatic N) is 4. The van der Waals surface area contributed by atoms with Crippen molar-refractivity contribution in [1.29, 1.82) is 0 Å². The van der Waals surface area contributed by atoms with Gasteiger partial charge in [0.2, 0.25) is 16.0 Å². The van der Waals surface area contributed by atoms with Gasteiger partial charge in [0.1, 0.15) is 5.65 Å². The zero-order chi connectivity index (χ0) is 22.8. The Kier molecular flexibility index (Phi) is 5.39. The van der Waals surface area contributed by atoms with Crippen LogP contribution in [-0.2, 0) is 10.0 Å². The van der Waals surface area contributed by atoms with Crippen LogP contribution in [0.3, 0.4) is 0 Å². The van der Waals surface area contributed by atoms with E-state index < -0.39 is 15.6 Å². The number of hydrogen-bond donors (Lipinski definition) is 2. The van der Waals surface area contributed by atoms with Crippen molar-refractivity contribution in [2.75, 3.05) is 24.7 Å². The highest BCUT2D eigenvalue weighted by atomic mass is 79.9. The standard InChI is InChI=1S/C21H28BrN5O4S/c1-21(29)5-3-4-17(21)27-18-12(8-16(22)19(27)28)9-23-20(25-18)24-15-6-13-10-26(32(2,30)31)11-14(13)7-15/h8-9,13-15,17,29H,3-7,10-11H2,1-2H3,(H,23,24,25)/t13-,14+,15?,17-,21-/m1/s1. The fourth-order valence-corrected chi connectivity index (χ4v) is 7.17. The predicted octanol–water partition coefficient (Wildman–Crippen LogP) is 2.11. The number of nitrogens with one attached hydrogen (secondary N) is 1. The van der Waals surface area contributed by atoms with Crippen molar-refractivity contribution in [3.05, 3.63) is 27.1 Å². The van der Waals surface area contributed by atoms with Crippen molar-refractivity contribution in [2.24, 2.45) is 11.8 Å². The molecule has 2 N–H and O–H groups in total. The molecule has 11 heteroatoms. The summed E-state index contributed by atoms with van der Waals surface area (Å²) in [4.78, 5) is 22.2. The summed E-state index contributed by atoms with van der Waals surface area (Å²) >= 11 is 3.35. The number of aliphatic hydroxyl groups is 1. The molecule has 2 saturated carbocycles. The van der Waals surface area contributed by atoms with Crippen LogP contribution < -0.4 is 10.9 Å². The maximum atomic E-state index is 13.0. The van der Waals surface area contributed by atoms with E-state index in [4.69, 9.17) is 4.98 Å². The minimum Gasteiger partial charge on any atom is -0.388 e. The average molecular weight is 526 g/mol. The van der Waals surface area contributed by atoms with Crippen LogP contribution in [0, 0.1) is 11.8 Å². The first-order chi connectivity index (χ1) is 15.0. The van der Waals surface area contributed by atoms with Crippen LogP contribution in [0.4, 0.5) is 5.95 Å². The van der Waals surface area contributed by atoms with Crippen molar-refractivity contribution < 1.29 is 13.5 Å². The second-order valence-electron chi connectivity index (χ2n) is 9.82. The maximum absolute atomic E-state index is 13.0. The average Bonchev–Trinajstić information content (AvgIpc) is 3.36. The summed E-state index contributed by atoms with van der Waals surface area (Å²) in [6.07, 6.45) is 6.91. The van der Waals surface area contributed by atoms with Gasteiger partial charge in [0.15, 0.2) is 0 Å². The molecule has 0 spiro atoms. The molecule has 0 radical (unpaired) electrons. The van der Waals surface area contributed by atoms with E-state index >= 15 is 0 Å². The number of halogens is 1. The second-order valence-corrected chi connectivity index (χ2v) is 12.7. The van der Waals surface area contributed by atoms with E-state index in [0.29, 0.717) is 53.8 Å². The lowest BCUT2D eigenvalue weighted by Gasteiger charge is -2.28. The molecule has 2 aromatic rings. The minimum absolute atomic E-state index is 0.161. The van der Waals surface area contributed by atoms with Gasteiger partial charge >= 0.3 is 0 Å². The van der Waals surface area contributed by atoms with Gasteiger partial charge in [-0.05, 0) is 72.9 Å². The van der Waals surface area contributed by atoms with Crippen molar-refractivity contribution in [3.63, 3.8) is 0 Å². The van der Waals surface area contributed by atoms with Crippen LogP contribution in [0.2, 0.25) is 0 Å². The topological polar surface area (TPSA) is 117 Å². The molecule has 1 aliphatic heterocycles. The molecule has 2 aliphatic carbocycles. The molecule has 0 amide bonds. The van der Waals surface area contributed by atoms with Crippen molar-refractivity contribution in [1.82, 2.24) is 18.8 Å². The summed E-state index contributed by atoms with van der Waals surface area (Å²) in [5.74, 6) is 1.13. The third-order valence-corrected chi connectivity index (χ3v) is 9.24. The number of hydrogen-bond acceptors (Lipinski definition) is 7. The molecular weight excluding hydrogens is 498 g/mol. The number of anilines is 1. The van der Waals surface area contributed by atoms with E-state index in [2.05, 4.69) is 26.2 Å². The normalized spacial score (nSPS) is 33.1. The van der Waals surface area contributed by atoms with Crippen LogP contribution in [0.25, 0.3) is 11.0 Å². The van der Waals surface area contributed by atoms with E-state index in [-0.39, 0.29) is 17.6 Å².